The topological polar surface area (TPSA) is 65.2 Å². The van der Waals surface area contributed by atoms with Crippen LogP contribution >= 0.6 is 0 Å². The molecule has 0 saturated carbocycles. The van der Waals surface area contributed by atoms with Crippen LogP contribution in [0.15, 0.2) is 30.5 Å². The molecule has 104 valence electrons. The first-order chi connectivity index (χ1) is 9.74. The van der Waals surface area contributed by atoms with Gasteiger partial charge in [0.25, 0.3) is 5.91 Å². The number of carbonyl (C=O) groups is 2. The molecule has 5 nitrogen and oxygen atoms in total. The van der Waals surface area contributed by atoms with Crippen LogP contribution in [0, 0.1) is 0 Å². The molecule has 1 aliphatic heterocycles. The molecule has 2 amide bonds. The van der Waals surface area contributed by atoms with Gasteiger partial charge in [-0.15, -0.1) is 0 Å². The molecular weight excluding hydrogens is 254 g/mol. The number of fused-ring (bicyclic) bond motifs is 1. The van der Waals surface area contributed by atoms with Gasteiger partial charge in [-0.2, -0.15) is 0 Å². The van der Waals surface area contributed by atoms with E-state index in [9.17, 15) is 9.59 Å². The number of nitrogens with zero attached hydrogens (tertiary/aromatic N) is 1. The van der Waals surface area contributed by atoms with Crippen LogP contribution in [0.1, 0.15) is 23.2 Å². The maximum absolute atomic E-state index is 12.0. The lowest BCUT2D eigenvalue weighted by Crippen LogP contribution is -2.38. The van der Waals surface area contributed by atoms with Crippen molar-refractivity contribution in [3.05, 3.63) is 36.0 Å². The molecule has 3 rings (SSSR count). The number of rotatable bonds is 3. The molecule has 0 atom stereocenters. The molecule has 1 fully saturated rings. The van der Waals surface area contributed by atoms with Crippen molar-refractivity contribution >= 4 is 22.7 Å². The Balaban J connectivity index is 1.62. The van der Waals surface area contributed by atoms with E-state index in [1.807, 2.05) is 24.4 Å². The predicted molar refractivity (Wildman–Crippen MR) is 76.4 cm³/mol. The molecule has 2 heterocycles. The summed E-state index contributed by atoms with van der Waals surface area (Å²) < 4.78 is 0. The summed E-state index contributed by atoms with van der Waals surface area (Å²) in [6.07, 6.45) is 3.96. The zero-order chi connectivity index (χ0) is 13.9. The van der Waals surface area contributed by atoms with Gasteiger partial charge in [0.1, 0.15) is 0 Å². The normalized spacial score (nSPS) is 14.7. The molecule has 20 heavy (non-hydrogen) atoms. The molecule has 5 heteroatoms. The molecule has 1 aromatic carbocycles. The number of aromatic amines is 1. The van der Waals surface area contributed by atoms with Gasteiger partial charge in [-0.1, -0.05) is 0 Å². The number of aromatic nitrogens is 1. The highest BCUT2D eigenvalue weighted by molar-refractivity contribution is 5.99. The summed E-state index contributed by atoms with van der Waals surface area (Å²) >= 11 is 0. The summed E-state index contributed by atoms with van der Waals surface area (Å²) in [7, 11) is 0. The second-order valence-electron chi connectivity index (χ2n) is 5.05. The molecule has 1 aromatic heterocycles. The van der Waals surface area contributed by atoms with Gasteiger partial charge >= 0.3 is 0 Å². The molecular formula is C15H17N3O2. The van der Waals surface area contributed by atoms with Crippen molar-refractivity contribution in [2.45, 2.75) is 12.8 Å². The first kappa shape index (κ1) is 12.7. The number of H-pyrrole nitrogens is 1. The van der Waals surface area contributed by atoms with Crippen molar-refractivity contribution in [1.82, 2.24) is 15.2 Å². The Labute approximate surface area is 117 Å². The highest BCUT2D eigenvalue weighted by Crippen LogP contribution is 2.14. The first-order valence-electron chi connectivity index (χ1n) is 6.87. The van der Waals surface area contributed by atoms with Crippen LogP contribution in [0.3, 0.4) is 0 Å². The van der Waals surface area contributed by atoms with E-state index < -0.39 is 0 Å². The molecule has 0 aliphatic carbocycles. The summed E-state index contributed by atoms with van der Waals surface area (Å²) in [5.74, 6) is -0.209. The van der Waals surface area contributed by atoms with Crippen LogP contribution in [-0.2, 0) is 4.79 Å². The van der Waals surface area contributed by atoms with Gasteiger partial charge in [-0.05, 0) is 37.1 Å². The third kappa shape index (κ3) is 2.52. The van der Waals surface area contributed by atoms with Gasteiger partial charge < -0.3 is 15.2 Å². The third-order valence-corrected chi connectivity index (χ3v) is 3.67. The lowest BCUT2D eigenvalue weighted by molar-refractivity contribution is -0.129. The van der Waals surface area contributed by atoms with Crippen molar-refractivity contribution in [1.29, 1.82) is 0 Å². The van der Waals surface area contributed by atoms with E-state index >= 15 is 0 Å². The monoisotopic (exact) mass is 271 g/mol. The van der Waals surface area contributed by atoms with E-state index in [1.165, 1.54) is 0 Å². The fourth-order valence-corrected chi connectivity index (χ4v) is 2.53. The van der Waals surface area contributed by atoms with Crippen molar-refractivity contribution in [3.63, 3.8) is 0 Å². The number of hydrogen-bond acceptors (Lipinski definition) is 2. The third-order valence-electron chi connectivity index (χ3n) is 3.67. The largest absolute Gasteiger partial charge is 0.361 e. The number of benzene rings is 1. The fraction of sp³-hybridized carbons (Fsp3) is 0.333. The second kappa shape index (κ2) is 5.36. The van der Waals surface area contributed by atoms with E-state index in [1.54, 1.807) is 11.0 Å². The molecule has 2 aromatic rings. The molecule has 0 spiro atoms. The Morgan fingerprint density at radius 1 is 1.20 bits per heavy atom. The zero-order valence-corrected chi connectivity index (χ0v) is 11.2. The van der Waals surface area contributed by atoms with Gasteiger partial charge in [-0.25, -0.2) is 0 Å². The fourth-order valence-electron chi connectivity index (χ4n) is 2.53. The van der Waals surface area contributed by atoms with E-state index in [4.69, 9.17) is 0 Å². The number of likely N-dealkylation sites (tertiary alicyclic amines) is 1. The van der Waals surface area contributed by atoms with Crippen LogP contribution < -0.4 is 5.32 Å². The highest BCUT2D eigenvalue weighted by atomic mass is 16.2. The second-order valence-corrected chi connectivity index (χ2v) is 5.05. The maximum Gasteiger partial charge on any atom is 0.251 e. The van der Waals surface area contributed by atoms with Crippen LogP contribution in [0.25, 0.3) is 10.9 Å². The number of amides is 2. The molecule has 0 radical (unpaired) electrons. The van der Waals surface area contributed by atoms with Crippen molar-refractivity contribution in [3.8, 4) is 0 Å². The highest BCUT2D eigenvalue weighted by Gasteiger charge is 2.18. The lowest BCUT2D eigenvalue weighted by atomic mass is 10.1. The number of hydrogen-bond donors (Lipinski definition) is 2. The van der Waals surface area contributed by atoms with Crippen molar-refractivity contribution in [2.24, 2.45) is 0 Å². The SMILES string of the molecule is O=C(NCC(=O)N1CCCC1)c1ccc2[nH]ccc2c1. The summed E-state index contributed by atoms with van der Waals surface area (Å²) in [4.78, 5) is 28.8. The maximum atomic E-state index is 12.0. The van der Waals surface area contributed by atoms with Crippen LogP contribution in [-0.4, -0.2) is 41.3 Å². The number of carbonyl (C=O) groups excluding carboxylic acids is 2. The Bertz CT molecular complexity index is 641. The molecule has 0 unspecified atom stereocenters. The quantitative estimate of drug-likeness (QED) is 0.889. The Morgan fingerprint density at radius 3 is 2.80 bits per heavy atom. The van der Waals surface area contributed by atoms with Gasteiger partial charge in [-0.3, -0.25) is 9.59 Å². The van der Waals surface area contributed by atoms with Crippen LogP contribution in [0.2, 0.25) is 0 Å². The minimum atomic E-state index is -0.208. The molecule has 1 saturated heterocycles. The van der Waals surface area contributed by atoms with Gasteiger partial charge in [0.2, 0.25) is 5.91 Å². The summed E-state index contributed by atoms with van der Waals surface area (Å²) in [5, 5.41) is 3.68. The summed E-state index contributed by atoms with van der Waals surface area (Å²) in [6, 6.07) is 7.37. The molecule has 0 bridgehead atoms. The van der Waals surface area contributed by atoms with Crippen molar-refractivity contribution in [2.75, 3.05) is 19.6 Å². The van der Waals surface area contributed by atoms with Gasteiger partial charge in [0, 0.05) is 35.8 Å². The van der Waals surface area contributed by atoms with Crippen LogP contribution in [0.5, 0.6) is 0 Å². The first-order valence-corrected chi connectivity index (χ1v) is 6.87. The predicted octanol–water partition coefficient (Wildman–Crippen LogP) is 1.52. The van der Waals surface area contributed by atoms with Gasteiger partial charge in [0.05, 0.1) is 6.54 Å². The minimum Gasteiger partial charge on any atom is -0.361 e. The van der Waals surface area contributed by atoms with E-state index in [0.29, 0.717) is 5.56 Å². The van der Waals surface area contributed by atoms with E-state index in [-0.39, 0.29) is 18.4 Å². The lowest BCUT2D eigenvalue weighted by Gasteiger charge is -2.15. The minimum absolute atomic E-state index is 0.00132. The Kier molecular flexibility index (Phi) is 3.41. The molecule has 2 N–H and O–H groups in total. The average molecular weight is 271 g/mol. The average Bonchev–Trinajstić information content (AvgIpc) is 3.13. The summed E-state index contributed by atoms with van der Waals surface area (Å²) in [6.45, 7) is 1.69. The smallest absolute Gasteiger partial charge is 0.251 e. The Hall–Kier alpha value is -2.30. The standard InChI is InChI=1S/C15H17N3O2/c19-14(18-7-1-2-8-18)10-17-15(20)12-3-4-13-11(9-12)5-6-16-13/h3-6,9,16H,1-2,7-8,10H2,(H,17,20). The Morgan fingerprint density at radius 2 is 2.00 bits per heavy atom. The number of nitrogens with one attached hydrogen (secondary N) is 2. The van der Waals surface area contributed by atoms with Crippen molar-refractivity contribution < 1.29 is 9.59 Å². The summed E-state index contributed by atoms with van der Waals surface area (Å²) in [5.41, 5.74) is 1.57. The van der Waals surface area contributed by atoms with Crippen LogP contribution in [0.4, 0.5) is 0 Å². The van der Waals surface area contributed by atoms with Gasteiger partial charge in [0.15, 0.2) is 0 Å². The zero-order valence-electron chi connectivity index (χ0n) is 11.2. The van der Waals surface area contributed by atoms with E-state index in [2.05, 4.69) is 10.3 Å². The molecule has 1 aliphatic rings. The van der Waals surface area contributed by atoms with E-state index in [0.717, 1.165) is 36.8 Å².